The van der Waals surface area contributed by atoms with E-state index in [0.29, 0.717) is 6.54 Å². The van der Waals surface area contributed by atoms with Crippen molar-refractivity contribution in [3.63, 3.8) is 0 Å². The van der Waals surface area contributed by atoms with Gasteiger partial charge in [-0.1, -0.05) is 18.2 Å². The summed E-state index contributed by atoms with van der Waals surface area (Å²) >= 11 is 0. The van der Waals surface area contributed by atoms with Crippen LogP contribution in [0.3, 0.4) is 0 Å². The molecule has 0 bridgehead atoms. The predicted molar refractivity (Wildman–Crippen MR) is 114 cm³/mol. The second-order valence-electron chi connectivity index (χ2n) is 7.19. The van der Waals surface area contributed by atoms with Crippen molar-refractivity contribution in [3.8, 4) is 5.75 Å². The van der Waals surface area contributed by atoms with Gasteiger partial charge in [-0.25, -0.2) is 4.99 Å². The Morgan fingerprint density at radius 3 is 2.57 bits per heavy atom. The van der Waals surface area contributed by atoms with E-state index < -0.39 is 0 Å². The summed E-state index contributed by atoms with van der Waals surface area (Å²) in [6.07, 6.45) is -0.00351. The van der Waals surface area contributed by atoms with E-state index in [9.17, 15) is 4.79 Å². The summed E-state index contributed by atoms with van der Waals surface area (Å²) in [5.41, 5.74) is 1.13. The number of benzene rings is 1. The maximum absolute atomic E-state index is 11.4. The van der Waals surface area contributed by atoms with Crippen LogP contribution in [0.1, 0.15) is 26.3 Å². The minimum absolute atomic E-state index is 0.00351. The van der Waals surface area contributed by atoms with Gasteiger partial charge in [0.2, 0.25) is 5.91 Å². The van der Waals surface area contributed by atoms with Crippen LogP contribution in [0.2, 0.25) is 0 Å². The number of rotatable bonds is 8. The molecular weight excluding hydrogens is 354 g/mol. The largest absolute Gasteiger partial charge is 0.489 e. The lowest BCUT2D eigenvalue weighted by Gasteiger charge is -2.34. The molecule has 1 saturated heterocycles. The van der Waals surface area contributed by atoms with Crippen LogP contribution in [0.25, 0.3) is 0 Å². The van der Waals surface area contributed by atoms with Gasteiger partial charge >= 0.3 is 0 Å². The van der Waals surface area contributed by atoms with Crippen molar-refractivity contribution in [1.29, 1.82) is 0 Å². The number of aryl methyl sites for hydroxylation is 1. The molecule has 1 fully saturated rings. The molecule has 1 amide bonds. The highest BCUT2D eigenvalue weighted by Crippen LogP contribution is 2.17. The number of nitrogens with one attached hydrogen (secondary N) is 2. The molecule has 0 spiro atoms. The quantitative estimate of drug-likeness (QED) is 0.521. The van der Waals surface area contributed by atoms with Gasteiger partial charge in [0.1, 0.15) is 11.9 Å². The van der Waals surface area contributed by atoms with Gasteiger partial charge in [0.15, 0.2) is 5.96 Å². The minimum atomic E-state index is -0.00351. The van der Waals surface area contributed by atoms with Crippen LogP contribution in [-0.4, -0.2) is 80.1 Å². The molecule has 1 aromatic rings. The normalized spacial score (nSPS) is 16.6. The zero-order chi connectivity index (χ0) is 20.4. The van der Waals surface area contributed by atoms with Crippen molar-refractivity contribution in [2.24, 2.45) is 4.99 Å². The molecule has 7 nitrogen and oxygen atoms in total. The van der Waals surface area contributed by atoms with Crippen LogP contribution < -0.4 is 15.4 Å². The first-order valence-electron chi connectivity index (χ1n) is 10.2. The number of nitrogens with zero attached hydrogens (tertiary/aromatic N) is 3. The molecule has 1 unspecified atom stereocenters. The van der Waals surface area contributed by atoms with E-state index in [1.807, 2.05) is 43.0 Å². The van der Waals surface area contributed by atoms with Crippen molar-refractivity contribution >= 4 is 11.9 Å². The smallest absolute Gasteiger partial charge is 0.219 e. The number of carbonyl (C=O) groups excluding carboxylic acids is 1. The molecule has 2 rings (SSSR count). The van der Waals surface area contributed by atoms with Gasteiger partial charge in [0.05, 0.1) is 6.54 Å². The number of carbonyl (C=O) groups is 1. The van der Waals surface area contributed by atoms with Crippen molar-refractivity contribution in [3.05, 3.63) is 29.8 Å². The predicted octanol–water partition coefficient (Wildman–Crippen LogP) is 1.48. The highest BCUT2D eigenvalue weighted by Gasteiger charge is 2.18. The highest BCUT2D eigenvalue weighted by molar-refractivity contribution is 5.79. The summed E-state index contributed by atoms with van der Waals surface area (Å²) in [6.45, 7) is 14.4. The van der Waals surface area contributed by atoms with Crippen molar-refractivity contribution in [1.82, 2.24) is 20.4 Å². The van der Waals surface area contributed by atoms with Crippen LogP contribution in [-0.2, 0) is 4.79 Å². The van der Waals surface area contributed by atoms with E-state index in [2.05, 4.69) is 27.4 Å². The molecular formula is C21H35N5O2. The third-order valence-electron chi connectivity index (χ3n) is 4.81. The molecule has 0 saturated carbocycles. The fourth-order valence-electron chi connectivity index (χ4n) is 3.12. The Hall–Kier alpha value is -2.28. The molecule has 28 heavy (non-hydrogen) atoms. The van der Waals surface area contributed by atoms with Gasteiger partial charge in [-0.15, -0.1) is 0 Å². The van der Waals surface area contributed by atoms with Crippen LogP contribution in [0.4, 0.5) is 0 Å². The number of guanidine groups is 1. The lowest BCUT2D eigenvalue weighted by atomic mass is 10.2. The number of piperazine rings is 1. The Morgan fingerprint density at radius 2 is 1.93 bits per heavy atom. The van der Waals surface area contributed by atoms with Crippen LogP contribution in [0.15, 0.2) is 29.3 Å². The summed E-state index contributed by atoms with van der Waals surface area (Å²) in [5, 5.41) is 6.68. The maximum Gasteiger partial charge on any atom is 0.219 e. The molecule has 156 valence electrons. The molecule has 1 aromatic carbocycles. The van der Waals surface area contributed by atoms with Crippen molar-refractivity contribution in [2.45, 2.75) is 33.8 Å². The van der Waals surface area contributed by atoms with E-state index >= 15 is 0 Å². The lowest BCUT2D eigenvalue weighted by molar-refractivity contribution is -0.130. The second kappa shape index (κ2) is 11.5. The van der Waals surface area contributed by atoms with E-state index in [1.165, 1.54) is 0 Å². The number of aliphatic imine (C=N–C) groups is 1. The van der Waals surface area contributed by atoms with Gasteiger partial charge in [-0.05, 0) is 32.4 Å². The molecule has 0 aliphatic carbocycles. The monoisotopic (exact) mass is 389 g/mol. The van der Waals surface area contributed by atoms with E-state index in [0.717, 1.165) is 63.1 Å². The van der Waals surface area contributed by atoms with Crippen LogP contribution in [0, 0.1) is 6.92 Å². The first kappa shape index (κ1) is 22.0. The van der Waals surface area contributed by atoms with Gasteiger partial charge in [0.25, 0.3) is 0 Å². The Bertz CT molecular complexity index is 641. The van der Waals surface area contributed by atoms with Gasteiger partial charge < -0.3 is 20.3 Å². The number of hydrogen-bond acceptors (Lipinski definition) is 4. The van der Waals surface area contributed by atoms with Gasteiger partial charge in [-0.3, -0.25) is 9.69 Å². The number of ether oxygens (including phenoxy) is 1. The first-order chi connectivity index (χ1) is 13.5. The zero-order valence-corrected chi connectivity index (χ0v) is 17.7. The van der Waals surface area contributed by atoms with Crippen molar-refractivity contribution in [2.75, 3.05) is 52.4 Å². The highest BCUT2D eigenvalue weighted by atomic mass is 16.5. The average Bonchev–Trinajstić information content (AvgIpc) is 2.68. The Balaban J connectivity index is 1.74. The summed E-state index contributed by atoms with van der Waals surface area (Å²) in [6, 6.07) is 8.04. The standard InChI is InChI=1S/C21H35N5O2/c1-5-22-21(23-10-11-25-12-14-26(15-13-25)19(4)27)24-16-18(3)28-20-9-7-6-8-17(20)2/h6-9,18H,5,10-16H2,1-4H3,(H2,22,23,24). The molecule has 2 N–H and O–H groups in total. The summed E-state index contributed by atoms with van der Waals surface area (Å²) in [5.74, 6) is 1.89. The number of amides is 1. The Kier molecular flexibility index (Phi) is 9.07. The fraction of sp³-hybridized carbons (Fsp3) is 0.619. The van der Waals surface area contributed by atoms with Gasteiger partial charge in [0, 0.05) is 52.7 Å². The SMILES string of the molecule is CCNC(=NCC(C)Oc1ccccc1C)NCCN1CCN(C(C)=O)CC1. The van der Waals surface area contributed by atoms with E-state index in [4.69, 9.17) is 4.74 Å². The summed E-state index contributed by atoms with van der Waals surface area (Å²) in [7, 11) is 0. The topological polar surface area (TPSA) is 69.2 Å². The molecule has 1 heterocycles. The number of hydrogen-bond donors (Lipinski definition) is 2. The second-order valence-corrected chi connectivity index (χ2v) is 7.19. The molecule has 1 atom stereocenters. The molecule has 1 aliphatic rings. The molecule has 0 radical (unpaired) electrons. The maximum atomic E-state index is 11.4. The molecule has 0 aromatic heterocycles. The average molecular weight is 390 g/mol. The van der Waals surface area contributed by atoms with E-state index in [1.54, 1.807) is 6.92 Å². The summed E-state index contributed by atoms with van der Waals surface area (Å²) < 4.78 is 6.00. The minimum Gasteiger partial charge on any atom is -0.489 e. The van der Waals surface area contributed by atoms with Crippen LogP contribution >= 0.6 is 0 Å². The number of para-hydroxylation sites is 1. The third kappa shape index (κ3) is 7.38. The zero-order valence-electron chi connectivity index (χ0n) is 17.7. The Morgan fingerprint density at radius 1 is 1.21 bits per heavy atom. The lowest BCUT2D eigenvalue weighted by Crippen LogP contribution is -2.50. The van der Waals surface area contributed by atoms with Crippen LogP contribution in [0.5, 0.6) is 5.75 Å². The van der Waals surface area contributed by atoms with Crippen molar-refractivity contribution < 1.29 is 9.53 Å². The Labute approximate surface area is 169 Å². The first-order valence-corrected chi connectivity index (χ1v) is 10.2. The molecule has 1 aliphatic heterocycles. The van der Waals surface area contributed by atoms with Gasteiger partial charge in [-0.2, -0.15) is 0 Å². The molecule has 7 heteroatoms. The fourth-order valence-corrected chi connectivity index (χ4v) is 3.12. The third-order valence-corrected chi connectivity index (χ3v) is 4.81. The summed E-state index contributed by atoms with van der Waals surface area (Å²) in [4.78, 5) is 20.3. The van der Waals surface area contributed by atoms with E-state index in [-0.39, 0.29) is 12.0 Å².